The Morgan fingerprint density at radius 3 is 2.47 bits per heavy atom. The van der Waals surface area contributed by atoms with Gasteiger partial charge in [-0.3, -0.25) is 0 Å². The lowest BCUT2D eigenvalue weighted by Crippen LogP contribution is -2.34. The molecule has 1 aliphatic rings. The quantitative estimate of drug-likeness (QED) is 0.798. The first-order valence-electron chi connectivity index (χ1n) is 6.45. The van der Waals surface area contributed by atoms with E-state index in [1.165, 1.54) is 25.7 Å². The second kappa shape index (κ2) is 6.34. The first-order valence-corrected chi connectivity index (χ1v) is 7.57. The van der Waals surface area contributed by atoms with Crippen LogP contribution in [-0.4, -0.2) is 23.1 Å². The Labute approximate surface area is 112 Å². The molecule has 0 spiro atoms. The van der Waals surface area contributed by atoms with Crippen molar-refractivity contribution in [3.8, 4) is 0 Å². The van der Waals surface area contributed by atoms with Crippen molar-refractivity contribution in [1.82, 2.24) is 9.97 Å². The molecule has 0 aliphatic carbocycles. The number of hydrogen-bond donors (Lipinski definition) is 0. The standard InChI is InChI=1S/C13H20BrN3/c1-2-3-11-4-6-17(7-5-11)13-15-9-12(8-14)10-16-13/h9-11H,2-8H2,1H3. The lowest BCUT2D eigenvalue weighted by Gasteiger charge is -2.31. The molecule has 0 bridgehead atoms. The van der Waals surface area contributed by atoms with E-state index in [9.17, 15) is 0 Å². The monoisotopic (exact) mass is 297 g/mol. The largest absolute Gasteiger partial charge is 0.341 e. The van der Waals surface area contributed by atoms with Gasteiger partial charge in [-0.15, -0.1) is 0 Å². The molecule has 0 N–H and O–H groups in total. The number of piperidine rings is 1. The van der Waals surface area contributed by atoms with Crippen molar-refractivity contribution in [1.29, 1.82) is 0 Å². The summed E-state index contributed by atoms with van der Waals surface area (Å²) in [5.74, 6) is 1.81. The van der Waals surface area contributed by atoms with Gasteiger partial charge in [-0.05, 0) is 24.3 Å². The van der Waals surface area contributed by atoms with Crippen LogP contribution in [0.2, 0.25) is 0 Å². The summed E-state index contributed by atoms with van der Waals surface area (Å²) in [6.07, 6.45) is 9.08. The molecule has 0 radical (unpaired) electrons. The minimum absolute atomic E-state index is 0.825. The van der Waals surface area contributed by atoms with Gasteiger partial charge in [0.25, 0.3) is 0 Å². The van der Waals surface area contributed by atoms with Crippen LogP contribution >= 0.6 is 15.9 Å². The third-order valence-corrected chi connectivity index (χ3v) is 4.09. The second-order valence-corrected chi connectivity index (χ2v) is 5.30. The Kier molecular flexibility index (Phi) is 4.77. The molecule has 4 heteroatoms. The summed E-state index contributed by atoms with van der Waals surface area (Å²) < 4.78 is 0. The molecule has 3 nitrogen and oxygen atoms in total. The zero-order chi connectivity index (χ0) is 12.1. The molecule has 17 heavy (non-hydrogen) atoms. The van der Waals surface area contributed by atoms with Crippen LogP contribution in [0.5, 0.6) is 0 Å². The van der Waals surface area contributed by atoms with E-state index in [2.05, 4.69) is 37.7 Å². The van der Waals surface area contributed by atoms with Gasteiger partial charge in [0.15, 0.2) is 0 Å². The topological polar surface area (TPSA) is 29.0 Å². The Balaban J connectivity index is 1.91. The second-order valence-electron chi connectivity index (χ2n) is 4.74. The van der Waals surface area contributed by atoms with Crippen molar-refractivity contribution in [2.75, 3.05) is 18.0 Å². The minimum Gasteiger partial charge on any atom is -0.341 e. The number of alkyl halides is 1. The Bertz CT molecular complexity index is 331. The highest BCUT2D eigenvalue weighted by molar-refractivity contribution is 9.08. The molecule has 1 saturated heterocycles. The van der Waals surface area contributed by atoms with Gasteiger partial charge in [-0.25, -0.2) is 9.97 Å². The maximum absolute atomic E-state index is 4.43. The van der Waals surface area contributed by atoms with Gasteiger partial charge in [-0.1, -0.05) is 35.7 Å². The number of nitrogens with zero attached hydrogens (tertiary/aromatic N) is 3. The van der Waals surface area contributed by atoms with Crippen LogP contribution in [-0.2, 0) is 5.33 Å². The van der Waals surface area contributed by atoms with E-state index in [1.807, 2.05) is 12.4 Å². The van der Waals surface area contributed by atoms with E-state index in [0.29, 0.717) is 0 Å². The van der Waals surface area contributed by atoms with Crippen LogP contribution < -0.4 is 4.90 Å². The van der Waals surface area contributed by atoms with Crippen LogP contribution in [0.15, 0.2) is 12.4 Å². The number of aromatic nitrogens is 2. The van der Waals surface area contributed by atoms with E-state index in [0.717, 1.165) is 35.8 Å². The third-order valence-electron chi connectivity index (χ3n) is 3.44. The fourth-order valence-electron chi connectivity index (χ4n) is 2.41. The first kappa shape index (κ1) is 12.8. The average Bonchev–Trinajstić information content (AvgIpc) is 2.40. The summed E-state index contributed by atoms with van der Waals surface area (Å²) in [7, 11) is 0. The highest BCUT2D eigenvalue weighted by atomic mass is 79.9. The lowest BCUT2D eigenvalue weighted by molar-refractivity contribution is 0.376. The predicted molar refractivity (Wildman–Crippen MR) is 74.5 cm³/mol. The van der Waals surface area contributed by atoms with Gasteiger partial charge in [0.1, 0.15) is 0 Å². The molecule has 2 heterocycles. The van der Waals surface area contributed by atoms with Crippen molar-refractivity contribution in [3.63, 3.8) is 0 Å². The third kappa shape index (κ3) is 3.41. The lowest BCUT2D eigenvalue weighted by atomic mass is 9.93. The maximum Gasteiger partial charge on any atom is 0.225 e. The molecule has 1 aromatic rings. The molecule has 0 saturated carbocycles. The highest BCUT2D eigenvalue weighted by Crippen LogP contribution is 2.23. The molecule has 1 aliphatic heterocycles. The van der Waals surface area contributed by atoms with Crippen LogP contribution in [0.25, 0.3) is 0 Å². The molecule has 94 valence electrons. The molecule has 0 aromatic carbocycles. The van der Waals surface area contributed by atoms with Gasteiger partial charge < -0.3 is 4.90 Å². The average molecular weight is 298 g/mol. The summed E-state index contributed by atoms with van der Waals surface area (Å²) in [4.78, 5) is 11.2. The summed E-state index contributed by atoms with van der Waals surface area (Å²) in [5.41, 5.74) is 1.13. The SMILES string of the molecule is CCCC1CCN(c2ncc(CBr)cn2)CC1. The number of rotatable bonds is 4. The maximum atomic E-state index is 4.43. The van der Waals surface area contributed by atoms with Crippen molar-refractivity contribution in [3.05, 3.63) is 18.0 Å². The predicted octanol–water partition coefficient (Wildman–Crippen LogP) is 3.39. The van der Waals surface area contributed by atoms with E-state index < -0.39 is 0 Å². The number of anilines is 1. The van der Waals surface area contributed by atoms with E-state index in [1.54, 1.807) is 0 Å². The van der Waals surface area contributed by atoms with Gasteiger partial charge in [-0.2, -0.15) is 0 Å². The Hall–Kier alpha value is -0.640. The summed E-state index contributed by atoms with van der Waals surface area (Å²) in [6, 6.07) is 0. The van der Waals surface area contributed by atoms with Crippen molar-refractivity contribution in [2.45, 2.75) is 37.9 Å². The van der Waals surface area contributed by atoms with Crippen LogP contribution in [0, 0.1) is 5.92 Å². The van der Waals surface area contributed by atoms with Crippen molar-refractivity contribution >= 4 is 21.9 Å². The molecular weight excluding hydrogens is 278 g/mol. The minimum atomic E-state index is 0.825. The Morgan fingerprint density at radius 1 is 1.29 bits per heavy atom. The summed E-state index contributed by atoms with van der Waals surface area (Å²) >= 11 is 3.41. The molecule has 1 aromatic heterocycles. The molecule has 0 amide bonds. The first-order chi connectivity index (χ1) is 8.33. The van der Waals surface area contributed by atoms with Crippen molar-refractivity contribution < 1.29 is 0 Å². The van der Waals surface area contributed by atoms with E-state index in [-0.39, 0.29) is 0 Å². The fourth-order valence-corrected chi connectivity index (χ4v) is 2.70. The number of hydrogen-bond acceptors (Lipinski definition) is 3. The highest BCUT2D eigenvalue weighted by Gasteiger charge is 2.19. The van der Waals surface area contributed by atoms with Crippen LogP contribution in [0.3, 0.4) is 0 Å². The molecule has 1 fully saturated rings. The van der Waals surface area contributed by atoms with Gasteiger partial charge in [0, 0.05) is 30.8 Å². The Morgan fingerprint density at radius 2 is 1.94 bits per heavy atom. The van der Waals surface area contributed by atoms with E-state index >= 15 is 0 Å². The molecule has 2 rings (SSSR count). The van der Waals surface area contributed by atoms with E-state index in [4.69, 9.17) is 0 Å². The van der Waals surface area contributed by atoms with Gasteiger partial charge in [0.2, 0.25) is 5.95 Å². The van der Waals surface area contributed by atoms with Gasteiger partial charge >= 0.3 is 0 Å². The van der Waals surface area contributed by atoms with Crippen LogP contribution in [0.1, 0.15) is 38.2 Å². The zero-order valence-corrected chi connectivity index (χ0v) is 12.0. The van der Waals surface area contributed by atoms with Crippen LogP contribution in [0.4, 0.5) is 5.95 Å². The summed E-state index contributed by atoms with van der Waals surface area (Å²) in [5, 5.41) is 0.825. The molecule has 0 atom stereocenters. The molecule has 0 unspecified atom stereocenters. The molecular formula is C13H20BrN3. The fraction of sp³-hybridized carbons (Fsp3) is 0.692. The number of halogens is 1. The normalized spacial score (nSPS) is 17.4. The summed E-state index contributed by atoms with van der Waals surface area (Å²) in [6.45, 7) is 4.49. The zero-order valence-electron chi connectivity index (χ0n) is 10.4. The van der Waals surface area contributed by atoms with Crippen molar-refractivity contribution in [2.24, 2.45) is 5.92 Å². The smallest absolute Gasteiger partial charge is 0.225 e. The van der Waals surface area contributed by atoms with Gasteiger partial charge in [0.05, 0.1) is 0 Å².